The highest BCUT2D eigenvalue weighted by atomic mass is 32.2. The van der Waals surface area contributed by atoms with E-state index in [1.807, 2.05) is 49.0 Å². The minimum Gasteiger partial charge on any atom is -0.478 e. The van der Waals surface area contributed by atoms with Gasteiger partial charge < -0.3 is 10.4 Å². The molecule has 0 saturated heterocycles. The van der Waals surface area contributed by atoms with Gasteiger partial charge >= 0.3 is 5.97 Å². The Bertz CT molecular complexity index is 777. The highest BCUT2D eigenvalue weighted by molar-refractivity contribution is 7.99. The second-order valence-electron chi connectivity index (χ2n) is 7.05. The zero-order valence-electron chi connectivity index (χ0n) is 16.6. The van der Waals surface area contributed by atoms with E-state index in [1.165, 1.54) is 25.3 Å². The summed E-state index contributed by atoms with van der Waals surface area (Å²) in [6, 6.07) is 14.9. The first-order valence-corrected chi connectivity index (χ1v) is 10.9. The average molecular weight is 400 g/mol. The summed E-state index contributed by atoms with van der Waals surface area (Å²) in [4.78, 5) is 24.2. The molecule has 1 unspecified atom stereocenters. The highest BCUT2D eigenvalue weighted by Crippen LogP contribution is 2.20. The number of amides is 1. The van der Waals surface area contributed by atoms with Gasteiger partial charge in [-0.25, -0.2) is 4.79 Å². The SMILES string of the molecule is CCCCCSCC(Cc1ccccc1)C(=O)Nc1cc(C)cc(C(=O)O)c1. The molecular weight excluding hydrogens is 370 g/mol. The molecule has 0 aliphatic carbocycles. The zero-order valence-corrected chi connectivity index (χ0v) is 17.4. The second-order valence-corrected chi connectivity index (χ2v) is 8.20. The molecule has 2 N–H and O–H groups in total. The van der Waals surface area contributed by atoms with Gasteiger partial charge in [0, 0.05) is 11.4 Å². The second kappa shape index (κ2) is 11.5. The minimum absolute atomic E-state index is 0.0613. The number of rotatable bonds is 11. The van der Waals surface area contributed by atoms with Crippen LogP contribution in [0.1, 0.15) is 47.7 Å². The Morgan fingerprint density at radius 1 is 1.11 bits per heavy atom. The lowest BCUT2D eigenvalue weighted by Crippen LogP contribution is -2.27. The lowest BCUT2D eigenvalue weighted by atomic mass is 10.00. The molecule has 4 nitrogen and oxygen atoms in total. The van der Waals surface area contributed by atoms with E-state index in [9.17, 15) is 14.7 Å². The maximum atomic E-state index is 13.0. The molecule has 0 fully saturated rings. The molecule has 2 aromatic carbocycles. The molecule has 0 aliphatic rings. The predicted molar refractivity (Wildman–Crippen MR) is 117 cm³/mol. The molecule has 5 heteroatoms. The van der Waals surface area contributed by atoms with Gasteiger partial charge in [0.05, 0.1) is 11.5 Å². The maximum Gasteiger partial charge on any atom is 0.335 e. The topological polar surface area (TPSA) is 66.4 Å². The van der Waals surface area contributed by atoms with Crippen LogP contribution in [0.5, 0.6) is 0 Å². The molecule has 1 amide bonds. The summed E-state index contributed by atoms with van der Waals surface area (Å²) in [6.07, 6.45) is 4.24. The summed E-state index contributed by atoms with van der Waals surface area (Å²) in [6.45, 7) is 4.01. The van der Waals surface area contributed by atoms with Crippen molar-refractivity contribution in [1.29, 1.82) is 0 Å². The van der Waals surface area contributed by atoms with E-state index in [2.05, 4.69) is 12.2 Å². The predicted octanol–water partition coefficient (Wildman–Crippen LogP) is 5.41. The van der Waals surface area contributed by atoms with E-state index in [-0.39, 0.29) is 17.4 Å². The van der Waals surface area contributed by atoms with E-state index in [1.54, 1.807) is 12.1 Å². The van der Waals surface area contributed by atoms with Gasteiger partial charge in [-0.3, -0.25) is 4.79 Å². The molecule has 0 aromatic heterocycles. The number of thioether (sulfide) groups is 1. The molecular formula is C23H29NO3S. The molecule has 0 saturated carbocycles. The number of carbonyl (C=O) groups is 2. The number of carbonyl (C=O) groups excluding carboxylic acids is 1. The smallest absolute Gasteiger partial charge is 0.335 e. The number of benzene rings is 2. The fourth-order valence-electron chi connectivity index (χ4n) is 3.03. The first kappa shape index (κ1) is 22.0. The van der Waals surface area contributed by atoms with Gasteiger partial charge in [0.1, 0.15) is 0 Å². The van der Waals surface area contributed by atoms with Crippen molar-refractivity contribution in [3.05, 3.63) is 65.2 Å². The Labute approximate surface area is 171 Å². The number of aromatic carboxylic acids is 1. The van der Waals surface area contributed by atoms with Gasteiger partial charge in [0.2, 0.25) is 5.91 Å². The summed E-state index contributed by atoms with van der Waals surface area (Å²) in [5.74, 6) is 0.588. The van der Waals surface area contributed by atoms with E-state index in [0.717, 1.165) is 22.6 Å². The third-order valence-corrected chi connectivity index (χ3v) is 5.71. The van der Waals surface area contributed by atoms with E-state index in [0.29, 0.717) is 12.1 Å². The van der Waals surface area contributed by atoms with Crippen LogP contribution in [-0.4, -0.2) is 28.5 Å². The van der Waals surface area contributed by atoms with Crippen molar-refractivity contribution in [2.75, 3.05) is 16.8 Å². The van der Waals surface area contributed by atoms with Crippen LogP contribution in [0, 0.1) is 12.8 Å². The first-order valence-electron chi connectivity index (χ1n) is 9.77. The van der Waals surface area contributed by atoms with Crippen LogP contribution < -0.4 is 5.32 Å². The Kier molecular flexibility index (Phi) is 9.08. The monoisotopic (exact) mass is 399 g/mol. The van der Waals surface area contributed by atoms with Gasteiger partial charge in [-0.1, -0.05) is 50.1 Å². The number of aryl methyl sites for hydroxylation is 1. The third kappa shape index (κ3) is 7.39. The normalized spacial score (nSPS) is 11.8. The largest absolute Gasteiger partial charge is 0.478 e. The van der Waals surface area contributed by atoms with Crippen LogP contribution in [0.2, 0.25) is 0 Å². The Hall–Kier alpha value is -2.27. The van der Waals surface area contributed by atoms with Gasteiger partial charge in [-0.05, 0) is 54.8 Å². The molecule has 0 bridgehead atoms. The van der Waals surface area contributed by atoms with E-state index >= 15 is 0 Å². The van der Waals surface area contributed by atoms with Gasteiger partial charge in [0.15, 0.2) is 0 Å². The van der Waals surface area contributed by atoms with Crippen LogP contribution in [-0.2, 0) is 11.2 Å². The van der Waals surface area contributed by atoms with Crippen molar-refractivity contribution in [1.82, 2.24) is 0 Å². The van der Waals surface area contributed by atoms with Crippen molar-refractivity contribution in [3.8, 4) is 0 Å². The number of hydrogen-bond acceptors (Lipinski definition) is 3. The fraction of sp³-hybridized carbons (Fsp3) is 0.391. The van der Waals surface area contributed by atoms with Crippen LogP contribution in [0.3, 0.4) is 0 Å². The van der Waals surface area contributed by atoms with E-state index in [4.69, 9.17) is 0 Å². The molecule has 0 aliphatic heterocycles. The lowest BCUT2D eigenvalue weighted by molar-refractivity contribution is -0.119. The maximum absolute atomic E-state index is 13.0. The molecule has 1 atom stereocenters. The number of hydrogen-bond donors (Lipinski definition) is 2. The summed E-state index contributed by atoms with van der Waals surface area (Å²) < 4.78 is 0. The van der Waals surface area contributed by atoms with Crippen molar-refractivity contribution in [2.45, 2.75) is 39.5 Å². The number of unbranched alkanes of at least 4 members (excludes halogenated alkanes) is 2. The van der Waals surface area contributed by atoms with Crippen LogP contribution >= 0.6 is 11.8 Å². The standard InChI is InChI=1S/C23H29NO3S/c1-3-4-8-11-28-16-20(14-18-9-6-5-7-10-18)22(25)24-21-13-17(2)12-19(15-21)23(26)27/h5-7,9-10,12-13,15,20H,3-4,8,11,14,16H2,1-2H3,(H,24,25)(H,26,27). The fourth-order valence-corrected chi connectivity index (χ4v) is 4.16. The van der Waals surface area contributed by atoms with Gasteiger partial charge in [-0.2, -0.15) is 11.8 Å². The number of anilines is 1. The summed E-state index contributed by atoms with van der Waals surface area (Å²) in [7, 11) is 0. The van der Waals surface area contributed by atoms with Crippen LogP contribution in [0.4, 0.5) is 5.69 Å². The molecule has 0 radical (unpaired) electrons. The minimum atomic E-state index is -0.994. The summed E-state index contributed by atoms with van der Waals surface area (Å²) in [5, 5.41) is 12.2. The summed E-state index contributed by atoms with van der Waals surface area (Å²) >= 11 is 1.82. The van der Waals surface area contributed by atoms with Crippen molar-refractivity contribution in [2.24, 2.45) is 5.92 Å². The number of nitrogens with one attached hydrogen (secondary N) is 1. The molecule has 0 spiro atoms. The number of carboxylic acid groups (broad SMARTS) is 1. The molecule has 0 heterocycles. The quantitative estimate of drug-likeness (QED) is 0.496. The Morgan fingerprint density at radius 2 is 1.86 bits per heavy atom. The van der Waals surface area contributed by atoms with Gasteiger partial charge in [-0.15, -0.1) is 0 Å². The van der Waals surface area contributed by atoms with Crippen molar-refractivity contribution >= 4 is 29.3 Å². The van der Waals surface area contributed by atoms with E-state index < -0.39 is 5.97 Å². The van der Waals surface area contributed by atoms with Crippen LogP contribution in [0.25, 0.3) is 0 Å². The van der Waals surface area contributed by atoms with Crippen molar-refractivity contribution < 1.29 is 14.7 Å². The molecule has 2 rings (SSSR count). The third-order valence-electron chi connectivity index (χ3n) is 4.50. The highest BCUT2D eigenvalue weighted by Gasteiger charge is 2.20. The molecule has 2 aromatic rings. The van der Waals surface area contributed by atoms with Crippen LogP contribution in [0.15, 0.2) is 48.5 Å². The number of carboxylic acids is 1. The Morgan fingerprint density at radius 3 is 2.54 bits per heavy atom. The first-order chi connectivity index (χ1) is 13.5. The molecule has 28 heavy (non-hydrogen) atoms. The van der Waals surface area contributed by atoms with Crippen molar-refractivity contribution in [3.63, 3.8) is 0 Å². The zero-order chi connectivity index (χ0) is 20.4. The Balaban J connectivity index is 2.07. The average Bonchev–Trinajstić information content (AvgIpc) is 2.67. The lowest BCUT2D eigenvalue weighted by Gasteiger charge is -2.17. The van der Waals surface area contributed by atoms with Gasteiger partial charge in [0.25, 0.3) is 0 Å². The molecule has 150 valence electrons. The summed E-state index contributed by atoms with van der Waals surface area (Å²) in [5.41, 5.74) is 2.66.